The average molecular weight is 352 g/mol. The first-order valence-corrected chi connectivity index (χ1v) is 8.46. The molecular formula is C16H19BrFN3. The Labute approximate surface area is 131 Å². The van der Waals surface area contributed by atoms with Gasteiger partial charge in [0.25, 0.3) is 0 Å². The number of anilines is 1. The predicted octanol–water partition coefficient (Wildman–Crippen LogP) is 4.52. The van der Waals surface area contributed by atoms with E-state index in [0.717, 1.165) is 22.9 Å². The largest absolute Gasteiger partial charge is 0.369 e. The highest BCUT2D eigenvalue weighted by Gasteiger charge is 2.42. The van der Waals surface area contributed by atoms with Gasteiger partial charge < -0.3 is 10.3 Å². The molecule has 2 aliphatic carbocycles. The van der Waals surface area contributed by atoms with Gasteiger partial charge in [0, 0.05) is 12.1 Å². The zero-order chi connectivity index (χ0) is 14.7. The molecule has 1 aromatic carbocycles. The average Bonchev–Trinajstić information content (AvgIpc) is 3.12. The third-order valence-electron chi connectivity index (χ3n) is 5.58. The molecule has 1 heterocycles. The maximum atomic E-state index is 13.9. The molecule has 4 atom stereocenters. The van der Waals surface area contributed by atoms with E-state index in [2.05, 4.69) is 27.8 Å². The first kappa shape index (κ1) is 13.6. The number of nitrogens with two attached hydrogens (primary N) is 1. The summed E-state index contributed by atoms with van der Waals surface area (Å²) < 4.78 is 16.4. The highest BCUT2D eigenvalue weighted by Crippen LogP contribution is 2.52. The van der Waals surface area contributed by atoms with Crippen LogP contribution in [-0.2, 0) is 0 Å². The van der Waals surface area contributed by atoms with Crippen molar-refractivity contribution in [3.8, 4) is 0 Å². The van der Waals surface area contributed by atoms with Gasteiger partial charge in [-0.2, -0.15) is 0 Å². The van der Waals surface area contributed by atoms with Crippen LogP contribution in [0.25, 0.3) is 11.0 Å². The van der Waals surface area contributed by atoms with E-state index in [9.17, 15) is 4.39 Å². The Morgan fingerprint density at radius 2 is 2.19 bits per heavy atom. The normalized spacial score (nSPS) is 29.4. The predicted molar refractivity (Wildman–Crippen MR) is 85.5 cm³/mol. The van der Waals surface area contributed by atoms with Crippen LogP contribution in [0.1, 0.15) is 38.6 Å². The van der Waals surface area contributed by atoms with Crippen LogP contribution in [-0.4, -0.2) is 9.55 Å². The van der Waals surface area contributed by atoms with E-state index in [1.807, 2.05) is 4.57 Å². The first-order chi connectivity index (χ1) is 10.0. The standard InChI is InChI=1S/C16H19BrFN3/c1-8(11-5-9-2-3-10(11)4-9)21-15-7-13(18)12(17)6-14(15)20-16(21)19/h6-11H,2-5H2,1H3,(H2,19,20). The van der Waals surface area contributed by atoms with E-state index in [1.54, 1.807) is 12.1 Å². The molecule has 0 aliphatic heterocycles. The summed E-state index contributed by atoms with van der Waals surface area (Å²) in [5.41, 5.74) is 7.70. The van der Waals surface area contributed by atoms with E-state index in [0.29, 0.717) is 16.3 Å². The van der Waals surface area contributed by atoms with Crippen LogP contribution in [0.3, 0.4) is 0 Å². The molecule has 2 saturated carbocycles. The van der Waals surface area contributed by atoms with Gasteiger partial charge in [0.2, 0.25) is 5.95 Å². The molecule has 3 nitrogen and oxygen atoms in total. The fraction of sp³-hybridized carbons (Fsp3) is 0.562. The Balaban J connectivity index is 1.78. The number of fused-ring (bicyclic) bond motifs is 3. The number of nitrogens with zero attached hydrogens (tertiary/aromatic N) is 2. The molecule has 4 unspecified atom stereocenters. The van der Waals surface area contributed by atoms with Gasteiger partial charge >= 0.3 is 0 Å². The van der Waals surface area contributed by atoms with Gasteiger partial charge in [0.05, 0.1) is 15.5 Å². The van der Waals surface area contributed by atoms with Crippen LogP contribution in [0.4, 0.5) is 10.3 Å². The van der Waals surface area contributed by atoms with E-state index < -0.39 is 0 Å². The zero-order valence-corrected chi connectivity index (χ0v) is 13.6. The highest BCUT2D eigenvalue weighted by molar-refractivity contribution is 9.10. The first-order valence-electron chi connectivity index (χ1n) is 7.67. The van der Waals surface area contributed by atoms with Crippen molar-refractivity contribution in [1.82, 2.24) is 9.55 Å². The van der Waals surface area contributed by atoms with Crippen molar-refractivity contribution in [3.63, 3.8) is 0 Å². The number of imidazole rings is 1. The van der Waals surface area contributed by atoms with Crippen LogP contribution in [0.5, 0.6) is 0 Å². The molecule has 2 aromatic rings. The van der Waals surface area contributed by atoms with E-state index in [-0.39, 0.29) is 11.9 Å². The summed E-state index contributed by atoms with van der Waals surface area (Å²) in [6, 6.07) is 3.54. The third kappa shape index (κ3) is 2.00. The minimum absolute atomic E-state index is 0.260. The topological polar surface area (TPSA) is 43.8 Å². The molecule has 0 radical (unpaired) electrons. The minimum atomic E-state index is -0.260. The second-order valence-corrected chi connectivity index (χ2v) is 7.53. The summed E-state index contributed by atoms with van der Waals surface area (Å²) in [5.74, 6) is 2.59. The summed E-state index contributed by atoms with van der Waals surface area (Å²) in [7, 11) is 0. The van der Waals surface area contributed by atoms with Gasteiger partial charge in [-0.25, -0.2) is 9.37 Å². The van der Waals surface area contributed by atoms with Crippen molar-refractivity contribution in [1.29, 1.82) is 0 Å². The fourth-order valence-electron chi connectivity index (χ4n) is 4.61. The molecule has 2 bridgehead atoms. The van der Waals surface area contributed by atoms with Crippen molar-refractivity contribution in [2.24, 2.45) is 17.8 Å². The molecule has 0 spiro atoms. The lowest BCUT2D eigenvalue weighted by molar-refractivity contribution is 0.248. The summed E-state index contributed by atoms with van der Waals surface area (Å²) in [6.07, 6.45) is 5.37. The Morgan fingerprint density at radius 3 is 2.86 bits per heavy atom. The molecule has 2 aliphatic rings. The minimum Gasteiger partial charge on any atom is -0.369 e. The monoisotopic (exact) mass is 351 g/mol. The quantitative estimate of drug-likeness (QED) is 0.864. The number of hydrogen-bond acceptors (Lipinski definition) is 2. The number of aromatic nitrogens is 2. The summed E-state index contributed by atoms with van der Waals surface area (Å²) >= 11 is 3.21. The molecule has 0 amide bonds. The van der Waals surface area contributed by atoms with Gasteiger partial charge in [-0.05, 0) is 65.9 Å². The van der Waals surface area contributed by atoms with Gasteiger partial charge in [0.15, 0.2) is 0 Å². The Morgan fingerprint density at radius 1 is 1.38 bits per heavy atom. The SMILES string of the molecule is CC(C1CC2CCC1C2)n1c(N)nc2cc(Br)c(F)cc21. The molecule has 1 aromatic heterocycles. The van der Waals surface area contributed by atoms with Crippen LogP contribution in [0.15, 0.2) is 16.6 Å². The van der Waals surface area contributed by atoms with E-state index in [1.165, 1.54) is 25.7 Å². The van der Waals surface area contributed by atoms with Crippen molar-refractivity contribution in [2.45, 2.75) is 38.6 Å². The lowest BCUT2D eigenvalue weighted by Crippen LogP contribution is -2.23. The zero-order valence-electron chi connectivity index (χ0n) is 12.0. The lowest BCUT2D eigenvalue weighted by Gasteiger charge is -2.29. The summed E-state index contributed by atoms with van der Waals surface area (Å²) in [4.78, 5) is 4.41. The van der Waals surface area contributed by atoms with E-state index in [4.69, 9.17) is 5.73 Å². The van der Waals surface area contributed by atoms with Crippen molar-refractivity contribution >= 4 is 32.9 Å². The lowest BCUT2D eigenvalue weighted by atomic mass is 9.84. The molecule has 2 N–H and O–H groups in total. The third-order valence-corrected chi connectivity index (χ3v) is 6.19. The van der Waals surface area contributed by atoms with Crippen LogP contribution >= 0.6 is 15.9 Å². The molecule has 0 saturated heterocycles. The molecule has 112 valence electrons. The number of benzene rings is 1. The number of hydrogen-bond donors (Lipinski definition) is 1. The number of rotatable bonds is 2. The van der Waals surface area contributed by atoms with Crippen LogP contribution in [0.2, 0.25) is 0 Å². The summed E-state index contributed by atoms with van der Waals surface area (Å²) in [5, 5.41) is 0. The Bertz CT molecular complexity index is 711. The maximum absolute atomic E-state index is 13.9. The molecule has 2 fully saturated rings. The highest BCUT2D eigenvalue weighted by atomic mass is 79.9. The van der Waals surface area contributed by atoms with Gasteiger partial charge in [-0.15, -0.1) is 0 Å². The van der Waals surface area contributed by atoms with Crippen molar-refractivity contribution < 1.29 is 4.39 Å². The smallest absolute Gasteiger partial charge is 0.201 e. The van der Waals surface area contributed by atoms with Gasteiger partial charge in [-0.3, -0.25) is 0 Å². The summed E-state index contributed by atoms with van der Waals surface area (Å²) in [6.45, 7) is 2.21. The molecule has 21 heavy (non-hydrogen) atoms. The van der Waals surface area contributed by atoms with Crippen LogP contribution in [0, 0.1) is 23.6 Å². The Hall–Kier alpha value is -1.10. The van der Waals surface area contributed by atoms with Gasteiger partial charge in [-0.1, -0.05) is 6.42 Å². The molecular weight excluding hydrogens is 333 g/mol. The number of nitrogen functional groups attached to an aromatic ring is 1. The maximum Gasteiger partial charge on any atom is 0.201 e. The molecule has 5 heteroatoms. The Kier molecular flexibility index (Phi) is 3.03. The van der Waals surface area contributed by atoms with E-state index >= 15 is 0 Å². The van der Waals surface area contributed by atoms with Crippen molar-refractivity contribution in [2.75, 3.05) is 5.73 Å². The van der Waals surface area contributed by atoms with Crippen molar-refractivity contribution in [3.05, 3.63) is 22.4 Å². The van der Waals surface area contributed by atoms with Crippen LogP contribution < -0.4 is 5.73 Å². The second kappa shape index (κ2) is 4.70. The van der Waals surface area contributed by atoms with Gasteiger partial charge in [0.1, 0.15) is 5.82 Å². The fourth-order valence-corrected chi connectivity index (χ4v) is 4.94. The second-order valence-electron chi connectivity index (χ2n) is 6.67. The molecule has 4 rings (SSSR count). The number of halogens is 2.